The second-order valence-corrected chi connectivity index (χ2v) is 9.44. The van der Waals surface area contributed by atoms with Gasteiger partial charge in [0, 0.05) is 35.1 Å². The van der Waals surface area contributed by atoms with Gasteiger partial charge in [-0.1, -0.05) is 75.3 Å². The maximum atomic E-state index is 10.7. The lowest BCUT2D eigenvalue weighted by Crippen LogP contribution is -2.59. The number of hydrogen-bond donors (Lipinski definition) is 0. The van der Waals surface area contributed by atoms with E-state index in [1.807, 2.05) is 41.5 Å². The zero-order valence-corrected chi connectivity index (χ0v) is 25.0. The fraction of sp³-hybridized carbons (Fsp3) is 0.815. The predicted octanol–water partition coefficient (Wildman–Crippen LogP) is 7.02. The van der Waals surface area contributed by atoms with E-state index in [2.05, 4.69) is 77.0 Å². The molecule has 198 valence electrons. The first-order valence-electron chi connectivity index (χ1n) is 12.6. The molecule has 0 saturated carbocycles. The van der Waals surface area contributed by atoms with Crippen molar-refractivity contribution in [2.45, 2.75) is 121 Å². The van der Waals surface area contributed by atoms with Crippen LogP contribution < -0.4 is 5.76 Å². The molecule has 0 aliphatic carbocycles. The Balaban J connectivity index is -0.000000111. The maximum Gasteiger partial charge on any atom is 0.419 e. The number of aromatic nitrogens is 1. The van der Waals surface area contributed by atoms with Crippen molar-refractivity contribution in [3.8, 4) is 0 Å². The topological polar surface area (TPSA) is 47.6 Å². The summed E-state index contributed by atoms with van der Waals surface area (Å²) in [5.74, 6) is 1.38. The van der Waals surface area contributed by atoms with Crippen LogP contribution in [0.3, 0.4) is 0 Å². The molecule has 0 amide bonds. The van der Waals surface area contributed by atoms with Gasteiger partial charge in [-0.3, -0.25) is 4.57 Å². The van der Waals surface area contributed by atoms with E-state index in [4.69, 9.17) is 4.74 Å². The molecule has 1 spiro atoms. The second-order valence-electron chi connectivity index (χ2n) is 9.44. The maximum absolute atomic E-state index is 10.7. The third kappa shape index (κ3) is 19.0. The molecule has 1 saturated heterocycles. The highest BCUT2D eigenvalue weighted by molar-refractivity contribution is 5.76. The van der Waals surface area contributed by atoms with Crippen molar-refractivity contribution in [3.63, 3.8) is 0 Å². The van der Waals surface area contributed by atoms with Gasteiger partial charge in [0.1, 0.15) is 6.26 Å². The molecule has 3 rings (SSSR count). The van der Waals surface area contributed by atoms with E-state index in [1.54, 1.807) is 6.20 Å². The Kier molecular flexibility index (Phi) is 31.1. The number of oxazole rings is 1. The molecule has 0 bridgehead atoms. The van der Waals surface area contributed by atoms with Crippen LogP contribution >= 0.6 is 0 Å². The van der Waals surface area contributed by atoms with Crippen LogP contribution in [-0.2, 0) is 4.74 Å². The normalized spacial score (nSPS) is 13.9. The van der Waals surface area contributed by atoms with Crippen LogP contribution in [0.4, 0.5) is 0 Å². The number of nitrogens with zero attached hydrogens (tertiary/aromatic N) is 2. The molecule has 6 radical (unpaired) electrons. The Bertz CT molecular complexity index is 594. The lowest BCUT2D eigenvalue weighted by atomic mass is 9.93. The average molecular weight is 478 g/mol. The molecule has 5 nitrogen and oxygen atoms in total. The molecule has 3 heterocycles. The summed E-state index contributed by atoms with van der Waals surface area (Å²) < 4.78 is 11.3. The van der Waals surface area contributed by atoms with Gasteiger partial charge in [0.2, 0.25) is 0 Å². The molecule has 0 N–H and O–H groups in total. The molecule has 0 unspecified atom stereocenters. The highest BCUT2D eigenvalue weighted by Gasteiger charge is 2.45. The quantitative estimate of drug-likeness (QED) is 0.429. The highest BCUT2D eigenvalue weighted by Crippen LogP contribution is 2.35. The fourth-order valence-corrected chi connectivity index (χ4v) is 2.63. The Morgan fingerprint density at radius 1 is 0.794 bits per heavy atom. The minimum atomic E-state index is -0.287. The molecule has 1 aromatic rings. The summed E-state index contributed by atoms with van der Waals surface area (Å²) >= 11 is 0. The van der Waals surface area contributed by atoms with Gasteiger partial charge in [0.25, 0.3) is 0 Å². The molecule has 7 heteroatoms. The summed E-state index contributed by atoms with van der Waals surface area (Å²) in [5.41, 5.74) is 0.355. The third-order valence-electron chi connectivity index (χ3n) is 3.77. The van der Waals surface area contributed by atoms with Crippen molar-refractivity contribution < 1.29 is 9.15 Å². The van der Waals surface area contributed by atoms with Gasteiger partial charge < -0.3 is 14.1 Å². The predicted molar refractivity (Wildman–Crippen MR) is 153 cm³/mol. The van der Waals surface area contributed by atoms with Gasteiger partial charge in [-0.15, -0.1) is 0 Å². The number of rotatable bonds is 2. The minimum Gasteiger partial charge on any atom is -0.416 e. The highest BCUT2D eigenvalue weighted by atomic mass is 16.5. The molecule has 1 aromatic heterocycles. The Hall–Kier alpha value is -1.36. The molecule has 0 atom stereocenters. The van der Waals surface area contributed by atoms with Crippen molar-refractivity contribution in [1.82, 2.24) is 9.47 Å². The Labute approximate surface area is 216 Å². The monoisotopic (exact) mass is 478 g/mol. The standard InChI is InChI=1S/C9H15NO.C6H9NO2.2C4H10.2C2H6.2B/c1-8(2)10-5-3-4-9(10)6-11-7-9;1-5(2)7-3-4-9-6(7)8;2*1-4(2)3;2*1-2;;/h3,5,8H,4,6-7H2,1-2H3;3-5H,1-2H3;2*4H,1-3H3;2*1-2H3;;. The van der Waals surface area contributed by atoms with Gasteiger partial charge >= 0.3 is 5.76 Å². The van der Waals surface area contributed by atoms with Crippen molar-refractivity contribution in [1.29, 1.82) is 0 Å². The SMILES string of the molecule is CC.CC.CC(C)C.CC(C)C.CC(C)N1C=CCC12COC2.CC(C)n1ccoc1=O.[B].[B]. The van der Waals surface area contributed by atoms with E-state index in [-0.39, 0.29) is 28.6 Å². The van der Waals surface area contributed by atoms with Crippen LogP contribution in [0.15, 0.2) is 33.9 Å². The van der Waals surface area contributed by atoms with Crippen LogP contribution in [0.2, 0.25) is 0 Å². The number of hydrogen-bond acceptors (Lipinski definition) is 4. The summed E-state index contributed by atoms with van der Waals surface area (Å²) in [5, 5.41) is 0. The first-order valence-corrected chi connectivity index (χ1v) is 12.6. The van der Waals surface area contributed by atoms with E-state index in [9.17, 15) is 4.79 Å². The summed E-state index contributed by atoms with van der Waals surface area (Å²) in [7, 11) is 0. The van der Waals surface area contributed by atoms with Gasteiger partial charge in [-0.25, -0.2) is 4.79 Å². The largest absolute Gasteiger partial charge is 0.419 e. The van der Waals surface area contributed by atoms with Crippen LogP contribution in [0.1, 0.15) is 109 Å². The van der Waals surface area contributed by atoms with E-state index in [1.165, 1.54) is 17.3 Å². The molecule has 34 heavy (non-hydrogen) atoms. The lowest BCUT2D eigenvalue weighted by molar-refractivity contribution is -0.123. The summed E-state index contributed by atoms with van der Waals surface area (Å²) in [6.45, 7) is 31.1. The molecular formula is C27H56B2N2O3. The van der Waals surface area contributed by atoms with E-state index in [0.29, 0.717) is 11.6 Å². The summed E-state index contributed by atoms with van der Waals surface area (Å²) in [4.78, 5) is 13.1. The van der Waals surface area contributed by atoms with Gasteiger partial charge in [0.15, 0.2) is 0 Å². The van der Waals surface area contributed by atoms with Crippen molar-refractivity contribution in [2.75, 3.05) is 13.2 Å². The third-order valence-corrected chi connectivity index (χ3v) is 3.77. The second kappa shape index (κ2) is 24.8. The zero-order valence-electron chi connectivity index (χ0n) is 25.0. The molecular weight excluding hydrogens is 422 g/mol. The smallest absolute Gasteiger partial charge is 0.416 e. The lowest BCUT2D eigenvalue weighted by Gasteiger charge is -2.48. The van der Waals surface area contributed by atoms with E-state index >= 15 is 0 Å². The first kappa shape index (κ1) is 42.8. The molecule has 1 fully saturated rings. The van der Waals surface area contributed by atoms with Crippen molar-refractivity contribution in [2.24, 2.45) is 11.8 Å². The molecule has 2 aliphatic rings. The fourth-order valence-electron chi connectivity index (χ4n) is 2.63. The van der Waals surface area contributed by atoms with E-state index in [0.717, 1.165) is 25.0 Å². The van der Waals surface area contributed by atoms with Crippen LogP contribution in [0.5, 0.6) is 0 Å². The van der Waals surface area contributed by atoms with Crippen LogP contribution in [0, 0.1) is 11.8 Å². The molecule has 2 aliphatic heterocycles. The van der Waals surface area contributed by atoms with Crippen LogP contribution in [-0.4, -0.2) is 51.1 Å². The first-order chi connectivity index (χ1) is 14.9. The summed E-state index contributed by atoms with van der Waals surface area (Å²) in [6.07, 6.45) is 8.66. The molecule has 0 aromatic carbocycles. The minimum absolute atomic E-state index is 0. The average Bonchev–Trinajstić information content (AvgIpc) is 3.31. The van der Waals surface area contributed by atoms with E-state index < -0.39 is 0 Å². The number of ether oxygens (including phenoxy) is 1. The van der Waals surface area contributed by atoms with Gasteiger partial charge in [0.05, 0.1) is 18.8 Å². The van der Waals surface area contributed by atoms with Crippen LogP contribution in [0.25, 0.3) is 0 Å². The van der Waals surface area contributed by atoms with Gasteiger partial charge in [-0.2, -0.15) is 0 Å². The Morgan fingerprint density at radius 3 is 1.38 bits per heavy atom. The zero-order chi connectivity index (χ0) is 25.9. The van der Waals surface area contributed by atoms with Crippen molar-refractivity contribution in [3.05, 3.63) is 35.3 Å². The van der Waals surface area contributed by atoms with Crippen molar-refractivity contribution >= 4 is 16.8 Å². The summed E-state index contributed by atoms with van der Waals surface area (Å²) in [6, 6.07) is 0.800. The van der Waals surface area contributed by atoms with Gasteiger partial charge in [-0.05, 0) is 52.2 Å². The Morgan fingerprint density at radius 2 is 1.21 bits per heavy atom.